The van der Waals surface area contributed by atoms with E-state index in [0.29, 0.717) is 5.92 Å². The summed E-state index contributed by atoms with van der Waals surface area (Å²) in [4.78, 5) is 18.8. The highest BCUT2D eigenvalue weighted by Gasteiger charge is 2.30. The number of carbonyl (C=O) groups is 1. The topological polar surface area (TPSA) is 33.2 Å². The molecule has 0 radical (unpaired) electrons. The maximum Gasteiger partial charge on any atom is 0.186 e. The number of nitrogens with zero attached hydrogens (tertiary/aromatic N) is 2. The second-order valence-corrected chi connectivity index (χ2v) is 6.86. The van der Waals surface area contributed by atoms with Crippen LogP contribution in [0, 0.1) is 0 Å². The molecule has 0 saturated heterocycles. The Balaban J connectivity index is 1.89. The molecule has 21 heavy (non-hydrogen) atoms. The summed E-state index contributed by atoms with van der Waals surface area (Å²) in [5.74, 6) is 0.485. The molecular formula is C16H17ClN2OS. The summed E-state index contributed by atoms with van der Waals surface area (Å²) in [7, 11) is 2.00. The van der Waals surface area contributed by atoms with Crippen LogP contribution in [0.5, 0.6) is 0 Å². The fraction of sp³-hybridized carbons (Fsp3) is 0.375. The lowest BCUT2D eigenvalue weighted by Crippen LogP contribution is -2.21. The Hall–Kier alpha value is -1.39. The molecule has 3 rings (SSSR count). The van der Waals surface area contributed by atoms with Crippen LogP contribution in [0.1, 0.15) is 52.7 Å². The number of hydrogen-bond donors (Lipinski definition) is 0. The number of halogens is 1. The van der Waals surface area contributed by atoms with E-state index in [9.17, 15) is 4.79 Å². The zero-order valence-corrected chi connectivity index (χ0v) is 13.6. The molecule has 3 nitrogen and oxygen atoms in total. The van der Waals surface area contributed by atoms with Gasteiger partial charge in [0.25, 0.3) is 0 Å². The number of rotatable bonds is 5. The van der Waals surface area contributed by atoms with Crippen molar-refractivity contribution in [1.29, 1.82) is 0 Å². The van der Waals surface area contributed by atoms with Gasteiger partial charge in [0.05, 0.1) is 16.6 Å². The highest BCUT2D eigenvalue weighted by atomic mass is 35.5. The minimum Gasteiger partial charge on any atom is -0.344 e. The number of carbonyl (C=O) groups excluding carboxylic acids is 1. The molecule has 0 N–H and O–H groups in total. The maximum absolute atomic E-state index is 11.2. The summed E-state index contributed by atoms with van der Waals surface area (Å²) >= 11 is 7.74. The Morgan fingerprint density at radius 2 is 2.14 bits per heavy atom. The van der Waals surface area contributed by atoms with Gasteiger partial charge in [-0.2, -0.15) is 0 Å². The van der Waals surface area contributed by atoms with Crippen LogP contribution in [0.25, 0.3) is 0 Å². The van der Waals surface area contributed by atoms with Crippen LogP contribution >= 0.6 is 22.9 Å². The number of anilines is 1. The van der Waals surface area contributed by atoms with Crippen LogP contribution < -0.4 is 4.90 Å². The molecule has 0 bridgehead atoms. The quantitative estimate of drug-likeness (QED) is 0.750. The predicted molar refractivity (Wildman–Crippen MR) is 87.7 cm³/mol. The molecule has 0 spiro atoms. The Morgan fingerprint density at radius 3 is 2.76 bits per heavy atom. The van der Waals surface area contributed by atoms with E-state index in [2.05, 4.69) is 16.8 Å². The number of hydrogen-bond acceptors (Lipinski definition) is 4. The molecule has 1 unspecified atom stereocenters. The Morgan fingerprint density at radius 1 is 1.43 bits per heavy atom. The molecule has 110 valence electrons. The molecule has 1 aliphatic rings. The van der Waals surface area contributed by atoms with Crippen molar-refractivity contribution in [2.45, 2.75) is 31.7 Å². The fourth-order valence-electron chi connectivity index (χ4n) is 2.40. The van der Waals surface area contributed by atoms with E-state index in [4.69, 9.17) is 11.6 Å². The standard InChI is InChI=1S/C16H17ClN2OS/c1-10(12-5-3-4-6-13(12)17)19(2)16-18-15(11-7-8-11)14(9-20)21-16/h3-6,9-11H,7-8H2,1-2H3. The van der Waals surface area contributed by atoms with Crippen LogP contribution in [-0.4, -0.2) is 18.3 Å². The Bertz CT molecular complexity index is 666. The van der Waals surface area contributed by atoms with E-state index >= 15 is 0 Å². The molecule has 1 aromatic heterocycles. The number of aromatic nitrogens is 1. The zero-order valence-electron chi connectivity index (χ0n) is 12.0. The van der Waals surface area contributed by atoms with Crippen LogP contribution in [0.15, 0.2) is 24.3 Å². The third-order valence-corrected chi connectivity index (χ3v) is 5.41. The van der Waals surface area contributed by atoms with E-state index in [1.807, 2.05) is 31.3 Å². The van der Waals surface area contributed by atoms with Gasteiger partial charge in [-0.1, -0.05) is 41.1 Å². The van der Waals surface area contributed by atoms with Crippen molar-refractivity contribution < 1.29 is 4.79 Å². The average molecular weight is 321 g/mol. The molecule has 0 amide bonds. The monoisotopic (exact) mass is 320 g/mol. The van der Waals surface area contributed by atoms with E-state index in [0.717, 1.165) is 45.4 Å². The van der Waals surface area contributed by atoms with Crippen LogP contribution in [0.2, 0.25) is 5.02 Å². The van der Waals surface area contributed by atoms with Crippen molar-refractivity contribution in [3.63, 3.8) is 0 Å². The largest absolute Gasteiger partial charge is 0.344 e. The van der Waals surface area contributed by atoms with Gasteiger partial charge in [0, 0.05) is 18.0 Å². The third kappa shape index (κ3) is 2.83. The average Bonchev–Trinajstić information content (AvgIpc) is 3.25. The summed E-state index contributed by atoms with van der Waals surface area (Å²) in [6.07, 6.45) is 3.23. The molecule has 1 fully saturated rings. The van der Waals surface area contributed by atoms with Gasteiger partial charge < -0.3 is 4.90 Å². The molecule has 1 saturated carbocycles. The van der Waals surface area contributed by atoms with Gasteiger partial charge in [-0.05, 0) is 31.4 Å². The van der Waals surface area contributed by atoms with E-state index in [1.54, 1.807) is 0 Å². The lowest BCUT2D eigenvalue weighted by molar-refractivity contribution is 0.112. The first kappa shape index (κ1) is 14.5. The van der Waals surface area contributed by atoms with Crippen molar-refractivity contribution in [2.24, 2.45) is 0 Å². The molecule has 1 heterocycles. The van der Waals surface area contributed by atoms with E-state index in [1.165, 1.54) is 11.3 Å². The lowest BCUT2D eigenvalue weighted by atomic mass is 10.1. The first-order valence-corrected chi connectivity index (χ1v) is 8.24. The number of aldehydes is 1. The smallest absolute Gasteiger partial charge is 0.186 e. The number of benzene rings is 1. The maximum atomic E-state index is 11.2. The van der Waals surface area contributed by atoms with Crippen molar-refractivity contribution in [3.8, 4) is 0 Å². The summed E-state index contributed by atoms with van der Waals surface area (Å²) in [5, 5.41) is 1.64. The second kappa shape index (κ2) is 5.78. The second-order valence-electron chi connectivity index (χ2n) is 5.45. The first-order chi connectivity index (χ1) is 10.1. The van der Waals surface area contributed by atoms with Gasteiger partial charge in [-0.15, -0.1) is 0 Å². The third-order valence-electron chi connectivity index (χ3n) is 3.98. The van der Waals surface area contributed by atoms with Gasteiger partial charge >= 0.3 is 0 Å². The molecular weight excluding hydrogens is 304 g/mol. The molecule has 1 aliphatic carbocycles. The van der Waals surface area contributed by atoms with Gasteiger partial charge in [0.1, 0.15) is 0 Å². The number of thiazole rings is 1. The molecule has 0 aliphatic heterocycles. The highest BCUT2D eigenvalue weighted by molar-refractivity contribution is 7.17. The van der Waals surface area contributed by atoms with Crippen molar-refractivity contribution >= 4 is 34.4 Å². The van der Waals surface area contributed by atoms with Gasteiger partial charge in [0.15, 0.2) is 11.4 Å². The zero-order chi connectivity index (χ0) is 15.0. The minimum atomic E-state index is 0.108. The summed E-state index contributed by atoms with van der Waals surface area (Å²) in [6.45, 7) is 2.10. The minimum absolute atomic E-state index is 0.108. The summed E-state index contributed by atoms with van der Waals surface area (Å²) in [5.41, 5.74) is 2.04. The van der Waals surface area contributed by atoms with Crippen molar-refractivity contribution in [1.82, 2.24) is 4.98 Å². The lowest BCUT2D eigenvalue weighted by Gasteiger charge is -2.25. The van der Waals surface area contributed by atoms with Crippen LogP contribution in [-0.2, 0) is 0 Å². The summed E-state index contributed by atoms with van der Waals surface area (Å²) < 4.78 is 0. The molecule has 2 aromatic rings. The van der Waals surface area contributed by atoms with Crippen molar-refractivity contribution in [3.05, 3.63) is 45.4 Å². The molecule has 1 aromatic carbocycles. The predicted octanol–water partition coefficient (Wildman–Crippen LogP) is 4.68. The van der Waals surface area contributed by atoms with Gasteiger partial charge in [-0.3, -0.25) is 4.79 Å². The van der Waals surface area contributed by atoms with E-state index < -0.39 is 0 Å². The SMILES string of the molecule is CC(c1ccccc1Cl)N(C)c1nc(C2CC2)c(C=O)s1. The molecule has 1 atom stereocenters. The highest BCUT2D eigenvalue weighted by Crippen LogP contribution is 2.44. The summed E-state index contributed by atoms with van der Waals surface area (Å²) in [6, 6.07) is 7.95. The van der Waals surface area contributed by atoms with Gasteiger partial charge in [-0.25, -0.2) is 4.98 Å². The van der Waals surface area contributed by atoms with Crippen molar-refractivity contribution in [2.75, 3.05) is 11.9 Å². The normalized spacial score (nSPS) is 15.8. The fourth-order valence-corrected chi connectivity index (χ4v) is 3.71. The van der Waals surface area contributed by atoms with Crippen LogP contribution in [0.4, 0.5) is 5.13 Å². The van der Waals surface area contributed by atoms with Crippen LogP contribution in [0.3, 0.4) is 0 Å². The Kier molecular flexibility index (Phi) is 4.00. The van der Waals surface area contributed by atoms with E-state index in [-0.39, 0.29) is 6.04 Å². The molecule has 5 heteroatoms. The Labute approximate surface area is 133 Å². The first-order valence-electron chi connectivity index (χ1n) is 7.05. The van der Waals surface area contributed by atoms with Gasteiger partial charge in [0.2, 0.25) is 0 Å².